The summed E-state index contributed by atoms with van der Waals surface area (Å²) in [5.74, 6) is 0. The van der Waals surface area contributed by atoms with Crippen LogP contribution in [0, 0.1) is 0 Å². The Kier molecular flexibility index (Phi) is 4.08. The molecule has 4 atom stereocenters. The molecule has 1 rings (SSSR count). The van der Waals surface area contributed by atoms with Gasteiger partial charge in [0.15, 0.2) is 0 Å². The van der Waals surface area contributed by atoms with Crippen LogP contribution in [0.2, 0.25) is 0 Å². The third kappa shape index (κ3) is 2.62. The van der Waals surface area contributed by atoms with Gasteiger partial charge in [-0.3, -0.25) is 0 Å². The molecule has 0 spiro atoms. The van der Waals surface area contributed by atoms with E-state index < -0.39 is 24.4 Å². The monoisotopic (exact) mass is 191 g/mol. The maximum atomic E-state index is 9.48. The van der Waals surface area contributed by atoms with E-state index in [0.717, 1.165) is 6.42 Å². The van der Waals surface area contributed by atoms with E-state index in [1.165, 1.54) is 0 Å². The molecule has 0 unspecified atom stereocenters. The summed E-state index contributed by atoms with van der Waals surface area (Å²) < 4.78 is 0. The van der Waals surface area contributed by atoms with Crippen molar-refractivity contribution in [2.24, 2.45) is 0 Å². The first-order chi connectivity index (χ1) is 6.16. The van der Waals surface area contributed by atoms with Gasteiger partial charge in [0.2, 0.25) is 0 Å². The predicted octanol–water partition coefficient (Wildman–Crippen LogP) is -2.19. The topological polar surface area (TPSA) is 93.0 Å². The van der Waals surface area contributed by atoms with Crippen LogP contribution in [0.1, 0.15) is 12.8 Å². The average Bonchev–Trinajstić information content (AvgIpc) is 2.14. The Balaban J connectivity index is 2.58. The molecule has 5 N–H and O–H groups in total. The molecule has 1 aliphatic heterocycles. The molecule has 0 aromatic heterocycles. The molecule has 1 heterocycles. The smallest absolute Gasteiger partial charge is 0.107 e. The number of aliphatic hydroxyl groups excluding tert-OH is 4. The van der Waals surface area contributed by atoms with E-state index in [0.29, 0.717) is 13.0 Å². The Hall–Kier alpha value is -0.200. The van der Waals surface area contributed by atoms with Gasteiger partial charge in [-0.15, -0.1) is 0 Å². The fourth-order valence-corrected chi connectivity index (χ4v) is 1.53. The van der Waals surface area contributed by atoms with Gasteiger partial charge in [0.05, 0.1) is 24.9 Å². The van der Waals surface area contributed by atoms with Crippen LogP contribution in [0.4, 0.5) is 0 Å². The summed E-state index contributed by atoms with van der Waals surface area (Å²) in [4.78, 5) is 0. The van der Waals surface area contributed by atoms with Gasteiger partial charge in [-0.2, -0.15) is 0 Å². The van der Waals surface area contributed by atoms with Crippen molar-refractivity contribution in [1.29, 1.82) is 0 Å². The van der Waals surface area contributed by atoms with Crippen LogP contribution in [-0.4, -0.2) is 57.9 Å². The molecule has 1 saturated heterocycles. The third-order valence-corrected chi connectivity index (χ3v) is 2.44. The molecule has 0 aromatic rings. The van der Waals surface area contributed by atoms with Gasteiger partial charge >= 0.3 is 0 Å². The molecule has 0 amide bonds. The number of nitrogens with one attached hydrogen (secondary N) is 1. The normalized spacial score (nSPS) is 42.5. The van der Waals surface area contributed by atoms with Crippen molar-refractivity contribution in [2.45, 2.75) is 37.2 Å². The lowest BCUT2D eigenvalue weighted by atomic mass is 9.96. The van der Waals surface area contributed by atoms with Crippen molar-refractivity contribution in [3.63, 3.8) is 0 Å². The zero-order valence-corrected chi connectivity index (χ0v) is 7.43. The number of aliphatic hydroxyl groups is 4. The van der Waals surface area contributed by atoms with E-state index in [-0.39, 0.29) is 6.61 Å². The Morgan fingerprint density at radius 2 is 1.85 bits per heavy atom. The molecule has 78 valence electrons. The Morgan fingerprint density at radius 3 is 2.46 bits per heavy atom. The molecule has 5 nitrogen and oxygen atoms in total. The highest BCUT2D eigenvalue weighted by atomic mass is 16.4. The molecule has 0 aromatic carbocycles. The largest absolute Gasteiger partial charge is 0.395 e. The maximum Gasteiger partial charge on any atom is 0.107 e. The fraction of sp³-hybridized carbons (Fsp3) is 1.00. The summed E-state index contributed by atoms with van der Waals surface area (Å²) in [5.41, 5.74) is 0. The minimum atomic E-state index is -1.18. The third-order valence-electron chi connectivity index (χ3n) is 2.44. The van der Waals surface area contributed by atoms with Gasteiger partial charge in [-0.25, -0.2) is 0 Å². The average molecular weight is 191 g/mol. The number of hydrogen-bond acceptors (Lipinski definition) is 5. The number of hydrogen-bond donors (Lipinski definition) is 5. The highest BCUT2D eigenvalue weighted by molar-refractivity contribution is 4.87. The SMILES string of the molecule is OC[C@H]1NCCC[C@H](O)[C@@H](O)[C@@H]1O. The molecule has 1 aliphatic rings. The lowest BCUT2D eigenvalue weighted by Gasteiger charge is -2.31. The molecule has 5 heteroatoms. The fourth-order valence-electron chi connectivity index (χ4n) is 1.53. The van der Waals surface area contributed by atoms with E-state index in [1.807, 2.05) is 0 Å². The lowest BCUT2D eigenvalue weighted by molar-refractivity contribution is -0.0856. The van der Waals surface area contributed by atoms with Gasteiger partial charge in [0.25, 0.3) is 0 Å². The van der Waals surface area contributed by atoms with Gasteiger partial charge < -0.3 is 25.7 Å². The summed E-state index contributed by atoms with van der Waals surface area (Å²) in [6, 6.07) is -0.551. The molecular formula is C8H17NO4. The van der Waals surface area contributed by atoms with E-state index >= 15 is 0 Å². The first-order valence-electron chi connectivity index (χ1n) is 4.55. The van der Waals surface area contributed by atoms with Crippen LogP contribution in [0.3, 0.4) is 0 Å². The van der Waals surface area contributed by atoms with Crippen molar-refractivity contribution in [3.8, 4) is 0 Å². The zero-order chi connectivity index (χ0) is 9.84. The highest BCUT2D eigenvalue weighted by Crippen LogP contribution is 2.12. The second-order valence-corrected chi connectivity index (χ2v) is 3.43. The first kappa shape index (κ1) is 10.9. The van der Waals surface area contributed by atoms with Crippen LogP contribution in [0.5, 0.6) is 0 Å². The summed E-state index contributed by atoms with van der Waals surface area (Å²) in [6.07, 6.45) is -2.00. The minimum Gasteiger partial charge on any atom is -0.395 e. The highest BCUT2D eigenvalue weighted by Gasteiger charge is 2.31. The van der Waals surface area contributed by atoms with Crippen molar-refractivity contribution in [3.05, 3.63) is 0 Å². The molecule has 1 fully saturated rings. The second-order valence-electron chi connectivity index (χ2n) is 3.43. The first-order valence-corrected chi connectivity index (χ1v) is 4.55. The summed E-state index contributed by atoms with van der Waals surface area (Å²) in [5, 5.41) is 40.0. The van der Waals surface area contributed by atoms with Crippen LogP contribution in [0.15, 0.2) is 0 Å². The number of rotatable bonds is 1. The lowest BCUT2D eigenvalue weighted by Crippen LogP contribution is -2.54. The van der Waals surface area contributed by atoms with E-state index in [4.69, 9.17) is 5.11 Å². The molecule has 0 bridgehead atoms. The van der Waals surface area contributed by atoms with E-state index in [1.54, 1.807) is 0 Å². The summed E-state index contributed by atoms with van der Waals surface area (Å²) in [6.45, 7) is 0.386. The maximum absolute atomic E-state index is 9.48. The van der Waals surface area contributed by atoms with Crippen LogP contribution in [-0.2, 0) is 0 Å². The van der Waals surface area contributed by atoms with Gasteiger partial charge in [0.1, 0.15) is 6.10 Å². The summed E-state index contributed by atoms with van der Waals surface area (Å²) >= 11 is 0. The van der Waals surface area contributed by atoms with Crippen molar-refractivity contribution in [1.82, 2.24) is 5.32 Å². The standard InChI is InChI=1S/C8H17NO4/c10-4-5-7(12)8(13)6(11)2-1-3-9-5/h5-13H,1-4H2/t5-,6+,7-,8-/m1/s1. The van der Waals surface area contributed by atoms with Crippen LogP contribution < -0.4 is 5.32 Å². The van der Waals surface area contributed by atoms with Crippen molar-refractivity contribution in [2.75, 3.05) is 13.2 Å². The molecule has 13 heavy (non-hydrogen) atoms. The molecular weight excluding hydrogens is 174 g/mol. The summed E-state index contributed by atoms with van der Waals surface area (Å²) in [7, 11) is 0. The Labute approximate surface area is 77.0 Å². The minimum absolute atomic E-state index is 0.245. The van der Waals surface area contributed by atoms with Gasteiger partial charge in [-0.1, -0.05) is 0 Å². The molecule has 0 aliphatic carbocycles. The molecule has 0 saturated carbocycles. The van der Waals surface area contributed by atoms with Gasteiger partial charge in [0, 0.05) is 0 Å². The Bertz CT molecular complexity index is 153. The van der Waals surface area contributed by atoms with E-state index in [9.17, 15) is 15.3 Å². The van der Waals surface area contributed by atoms with Crippen molar-refractivity contribution >= 4 is 0 Å². The predicted molar refractivity (Wildman–Crippen MR) is 46.1 cm³/mol. The van der Waals surface area contributed by atoms with Gasteiger partial charge in [-0.05, 0) is 19.4 Å². The van der Waals surface area contributed by atoms with Crippen molar-refractivity contribution < 1.29 is 20.4 Å². The van der Waals surface area contributed by atoms with Crippen LogP contribution in [0.25, 0.3) is 0 Å². The quantitative estimate of drug-likeness (QED) is 0.325. The Morgan fingerprint density at radius 1 is 1.15 bits per heavy atom. The van der Waals surface area contributed by atoms with Crippen LogP contribution >= 0.6 is 0 Å². The second kappa shape index (κ2) is 4.88. The zero-order valence-electron chi connectivity index (χ0n) is 7.43. The van der Waals surface area contributed by atoms with E-state index in [2.05, 4.69) is 5.32 Å². The molecule has 0 radical (unpaired) electrons.